The molecule has 0 radical (unpaired) electrons. The highest BCUT2D eigenvalue weighted by Gasteiger charge is 2.23. The lowest BCUT2D eigenvalue weighted by atomic mass is 9.89. The number of nitrogens with one attached hydrogen (secondary N) is 2. The highest BCUT2D eigenvalue weighted by Crippen LogP contribution is 2.24. The molecule has 1 aliphatic carbocycles. The molecule has 7 nitrogen and oxygen atoms in total. The highest BCUT2D eigenvalue weighted by atomic mass is 35.5. The molecule has 0 aromatic heterocycles. The number of amides is 1. The zero-order chi connectivity index (χ0) is 20.0. The Morgan fingerprint density at radius 1 is 1.26 bits per heavy atom. The van der Waals surface area contributed by atoms with Crippen molar-refractivity contribution in [2.75, 3.05) is 13.6 Å². The van der Waals surface area contributed by atoms with E-state index < -0.39 is 22.1 Å². The van der Waals surface area contributed by atoms with E-state index in [0.29, 0.717) is 12.5 Å². The summed E-state index contributed by atoms with van der Waals surface area (Å²) in [5.74, 6) is -0.693. The van der Waals surface area contributed by atoms with Crippen molar-refractivity contribution in [1.29, 1.82) is 0 Å². The zero-order valence-corrected chi connectivity index (χ0v) is 17.0. The summed E-state index contributed by atoms with van der Waals surface area (Å²) < 4.78 is 31.2. The Labute approximate surface area is 164 Å². The Kier molecular flexibility index (Phi) is 7.64. The molecule has 2 rings (SSSR count). The topological polar surface area (TPSA) is 102 Å². The minimum atomic E-state index is -3.82. The largest absolute Gasteiger partial charge is 0.449 e. The molecule has 1 aromatic carbocycles. The molecule has 1 saturated carbocycles. The fourth-order valence-corrected chi connectivity index (χ4v) is 4.26. The molecular formula is C18H25ClN2O5S. The van der Waals surface area contributed by atoms with Crippen LogP contribution in [-0.4, -0.2) is 40.0 Å². The van der Waals surface area contributed by atoms with E-state index in [0.717, 1.165) is 18.9 Å². The molecule has 0 heterocycles. The standard InChI is InChI=1S/C18H25ClN2O5S/c1-12(17(22)21-11-13-6-4-3-5-7-13)26-18(23)14-8-9-15(19)16(10-14)27(24,25)20-2/h8-10,12-13,20H,3-7,11H2,1-2H3,(H,21,22)/t12-/m1/s1. The summed E-state index contributed by atoms with van der Waals surface area (Å²) in [6, 6.07) is 3.78. The molecule has 0 aliphatic heterocycles. The molecular weight excluding hydrogens is 392 g/mol. The summed E-state index contributed by atoms with van der Waals surface area (Å²) in [6.45, 7) is 2.06. The minimum absolute atomic E-state index is 0.000144. The van der Waals surface area contributed by atoms with Gasteiger partial charge in [0.25, 0.3) is 5.91 Å². The van der Waals surface area contributed by atoms with Crippen molar-refractivity contribution in [3.63, 3.8) is 0 Å². The van der Waals surface area contributed by atoms with Gasteiger partial charge in [-0.05, 0) is 50.9 Å². The van der Waals surface area contributed by atoms with Gasteiger partial charge in [-0.25, -0.2) is 17.9 Å². The van der Waals surface area contributed by atoms with E-state index in [1.165, 1.54) is 45.4 Å². The highest BCUT2D eigenvalue weighted by molar-refractivity contribution is 7.89. The summed E-state index contributed by atoms with van der Waals surface area (Å²) in [5, 5.41) is 2.81. The molecule has 2 N–H and O–H groups in total. The first-order valence-electron chi connectivity index (χ1n) is 8.96. The van der Waals surface area contributed by atoms with Crippen LogP contribution in [0.5, 0.6) is 0 Å². The fraction of sp³-hybridized carbons (Fsp3) is 0.556. The lowest BCUT2D eigenvalue weighted by molar-refractivity contribution is -0.129. The molecule has 0 saturated heterocycles. The summed E-state index contributed by atoms with van der Waals surface area (Å²) >= 11 is 5.90. The van der Waals surface area contributed by atoms with Crippen molar-refractivity contribution in [3.8, 4) is 0 Å². The molecule has 0 unspecified atom stereocenters. The molecule has 150 valence electrons. The number of hydrogen-bond acceptors (Lipinski definition) is 5. The lowest BCUT2D eigenvalue weighted by Crippen LogP contribution is -2.38. The van der Waals surface area contributed by atoms with Gasteiger partial charge in [-0.15, -0.1) is 0 Å². The van der Waals surface area contributed by atoms with Gasteiger partial charge in [0.1, 0.15) is 4.90 Å². The van der Waals surface area contributed by atoms with E-state index in [1.807, 2.05) is 0 Å². The third-order valence-electron chi connectivity index (χ3n) is 4.67. The van der Waals surface area contributed by atoms with Gasteiger partial charge < -0.3 is 10.1 Å². The average molecular weight is 417 g/mol. The Bertz CT molecular complexity index is 791. The number of hydrogen-bond donors (Lipinski definition) is 2. The van der Waals surface area contributed by atoms with Crippen LogP contribution in [0.4, 0.5) is 0 Å². The predicted molar refractivity (Wildman–Crippen MR) is 102 cm³/mol. The molecule has 0 spiro atoms. The smallest absolute Gasteiger partial charge is 0.338 e. The molecule has 1 fully saturated rings. The first kappa shape index (κ1) is 21.7. The maximum atomic E-state index is 12.3. The second kappa shape index (κ2) is 9.52. The van der Waals surface area contributed by atoms with Crippen LogP contribution in [0.25, 0.3) is 0 Å². The monoisotopic (exact) mass is 416 g/mol. The maximum Gasteiger partial charge on any atom is 0.338 e. The van der Waals surface area contributed by atoms with Gasteiger partial charge in [0.15, 0.2) is 6.10 Å². The molecule has 1 aromatic rings. The molecule has 1 aliphatic rings. The second-order valence-electron chi connectivity index (χ2n) is 6.65. The van der Waals surface area contributed by atoms with Crippen molar-refractivity contribution in [2.24, 2.45) is 5.92 Å². The van der Waals surface area contributed by atoms with E-state index in [4.69, 9.17) is 16.3 Å². The number of halogens is 1. The predicted octanol–water partition coefficient (Wildman–Crippen LogP) is 2.49. The minimum Gasteiger partial charge on any atom is -0.449 e. The van der Waals surface area contributed by atoms with Gasteiger partial charge in [-0.3, -0.25) is 4.79 Å². The van der Waals surface area contributed by atoms with Gasteiger partial charge in [0.05, 0.1) is 10.6 Å². The molecule has 1 atom stereocenters. The van der Waals surface area contributed by atoms with E-state index in [2.05, 4.69) is 10.0 Å². The number of carbonyl (C=O) groups is 2. The summed E-state index contributed by atoms with van der Waals surface area (Å²) in [6.07, 6.45) is 4.81. The maximum absolute atomic E-state index is 12.3. The van der Waals surface area contributed by atoms with Crippen LogP contribution in [0.3, 0.4) is 0 Å². The van der Waals surface area contributed by atoms with Gasteiger partial charge in [-0.1, -0.05) is 30.9 Å². The summed E-state index contributed by atoms with van der Waals surface area (Å²) in [5.41, 5.74) is 0.000144. The van der Waals surface area contributed by atoms with Crippen molar-refractivity contribution in [2.45, 2.75) is 50.0 Å². The van der Waals surface area contributed by atoms with E-state index >= 15 is 0 Å². The molecule has 27 heavy (non-hydrogen) atoms. The number of esters is 1. The van der Waals surface area contributed by atoms with Crippen LogP contribution < -0.4 is 10.0 Å². The zero-order valence-electron chi connectivity index (χ0n) is 15.5. The Morgan fingerprint density at radius 3 is 2.56 bits per heavy atom. The van der Waals surface area contributed by atoms with Crippen LogP contribution in [0.15, 0.2) is 23.1 Å². The number of ether oxygens (including phenoxy) is 1. The molecule has 0 bridgehead atoms. The Hall–Kier alpha value is -1.64. The quantitative estimate of drug-likeness (QED) is 0.665. The second-order valence-corrected chi connectivity index (χ2v) is 8.91. The average Bonchev–Trinajstić information content (AvgIpc) is 2.66. The molecule has 9 heteroatoms. The number of sulfonamides is 1. The summed E-state index contributed by atoms with van der Waals surface area (Å²) in [7, 11) is -2.57. The van der Waals surface area contributed by atoms with Crippen molar-refractivity contribution < 1.29 is 22.7 Å². The van der Waals surface area contributed by atoms with Gasteiger partial charge in [0.2, 0.25) is 10.0 Å². The molecule has 1 amide bonds. The van der Waals surface area contributed by atoms with Crippen molar-refractivity contribution >= 4 is 33.5 Å². The lowest BCUT2D eigenvalue weighted by Gasteiger charge is -2.22. The number of rotatable bonds is 7. The van der Waals surface area contributed by atoms with E-state index in [-0.39, 0.29) is 21.4 Å². The third kappa shape index (κ3) is 5.92. The van der Waals surface area contributed by atoms with E-state index in [1.54, 1.807) is 0 Å². The van der Waals surface area contributed by atoms with Crippen molar-refractivity contribution in [3.05, 3.63) is 28.8 Å². The fourth-order valence-electron chi connectivity index (χ4n) is 3.01. The SMILES string of the molecule is CNS(=O)(=O)c1cc(C(=O)O[C@H](C)C(=O)NCC2CCCCC2)ccc1Cl. The number of carbonyl (C=O) groups excluding carboxylic acids is 2. The van der Waals surface area contributed by atoms with Crippen molar-refractivity contribution in [1.82, 2.24) is 10.0 Å². The third-order valence-corrected chi connectivity index (χ3v) is 6.56. The Morgan fingerprint density at radius 2 is 1.93 bits per heavy atom. The van der Waals surface area contributed by atoms with Gasteiger partial charge in [-0.2, -0.15) is 0 Å². The van der Waals surface area contributed by atoms with Gasteiger partial charge in [0, 0.05) is 6.54 Å². The first-order valence-corrected chi connectivity index (χ1v) is 10.8. The normalized spacial score (nSPS) is 16.6. The van der Waals surface area contributed by atoms with Crippen LogP contribution in [0.2, 0.25) is 5.02 Å². The van der Waals surface area contributed by atoms with Crippen LogP contribution in [0, 0.1) is 5.92 Å². The Balaban J connectivity index is 1.97. The van der Waals surface area contributed by atoms with E-state index in [9.17, 15) is 18.0 Å². The van der Waals surface area contributed by atoms with Crippen LogP contribution in [-0.2, 0) is 19.6 Å². The first-order chi connectivity index (χ1) is 12.7. The van der Waals surface area contributed by atoms with Crippen LogP contribution in [0.1, 0.15) is 49.4 Å². The number of benzene rings is 1. The van der Waals surface area contributed by atoms with Gasteiger partial charge >= 0.3 is 5.97 Å². The van der Waals surface area contributed by atoms with Crippen LogP contribution >= 0.6 is 11.6 Å². The summed E-state index contributed by atoms with van der Waals surface area (Å²) in [4.78, 5) is 24.2.